The second-order valence-electron chi connectivity index (χ2n) is 6.28. The van der Waals surface area contributed by atoms with E-state index in [4.69, 9.17) is 0 Å². The molecule has 3 rings (SSSR count). The number of hydrogen-bond donors (Lipinski definition) is 3. The lowest BCUT2D eigenvalue weighted by molar-refractivity contribution is 0.0289. The first-order valence-corrected chi connectivity index (χ1v) is 8.05. The third-order valence-electron chi connectivity index (χ3n) is 4.53. The molecule has 126 valence electrons. The maximum absolute atomic E-state index is 13.6. The van der Waals surface area contributed by atoms with Gasteiger partial charge in [-0.15, -0.1) is 0 Å². The number of amides is 1. The van der Waals surface area contributed by atoms with Crippen molar-refractivity contribution in [3.05, 3.63) is 71.0 Å². The van der Waals surface area contributed by atoms with Crippen LogP contribution in [-0.4, -0.2) is 30.2 Å². The van der Waals surface area contributed by atoms with Crippen LogP contribution in [0.15, 0.2) is 48.5 Å². The van der Waals surface area contributed by atoms with Gasteiger partial charge >= 0.3 is 0 Å². The van der Waals surface area contributed by atoms with Crippen molar-refractivity contribution < 1.29 is 14.3 Å². The highest BCUT2D eigenvalue weighted by Crippen LogP contribution is 2.31. The third kappa shape index (κ3) is 3.18. The molecule has 0 unspecified atom stereocenters. The van der Waals surface area contributed by atoms with Crippen molar-refractivity contribution >= 4 is 5.91 Å². The molecular formula is C19H21FN2O2. The number of aryl methyl sites for hydroxylation is 1. The smallest absolute Gasteiger partial charge is 0.252 e. The number of halogens is 1. The molecule has 0 bridgehead atoms. The Morgan fingerprint density at radius 2 is 2.04 bits per heavy atom. The fraction of sp³-hybridized carbons (Fsp3) is 0.316. The minimum Gasteiger partial charge on any atom is -0.389 e. The fourth-order valence-electron chi connectivity index (χ4n) is 3.30. The summed E-state index contributed by atoms with van der Waals surface area (Å²) in [6.07, 6.45) is -0.217. The molecule has 2 aromatic carbocycles. The number of benzene rings is 2. The van der Waals surface area contributed by atoms with Gasteiger partial charge in [0.1, 0.15) is 5.82 Å². The molecule has 2 atom stereocenters. The van der Waals surface area contributed by atoms with E-state index < -0.39 is 17.5 Å². The third-order valence-corrected chi connectivity index (χ3v) is 4.53. The van der Waals surface area contributed by atoms with E-state index >= 15 is 0 Å². The van der Waals surface area contributed by atoms with Crippen molar-refractivity contribution in [3.8, 4) is 0 Å². The van der Waals surface area contributed by atoms with Gasteiger partial charge in [0.2, 0.25) is 0 Å². The number of carbonyl (C=O) groups is 1. The van der Waals surface area contributed by atoms with Crippen LogP contribution in [0.2, 0.25) is 0 Å². The van der Waals surface area contributed by atoms with Crippen LogP contribution >= 0.6 is 0 Å². The number of rotatable bonds is 3. The van der Waals surface area contributed by atoms with Crippen molar-refractivity contribution in [1.29, 1.82) is 0 Å². The first-order chi connectivity index (χ1) is 11.5. The molecule has 0 saturated carbocycles. The number of piperidine rings is 1. The summed E-state index contributed by atoms with van der Waals surface area (Å²) in [4.78, 5) is 12.7. The molecule has 2 aromatic rings. The minimum atomic E-state index is -0.885. The minimum absolute atomic E-state index is 0.258. The van der Waals surface area contributed by atoms with E-state index in [1.165, 1.54) is 12.1 Å². The molecule has 0 aromatic heterocycles. The average molecular weight is 328 g/mol. The normalized spacial score (nSPS) is 23.7. The zero-order valence-electron chi connectivity index (χ0n) is 13.6. The van der Waals surface area contributed by atoms with Gasteiger partial charge in [-0.2, -0.15) is 0 Å². The molecule has 1 aliphatic rings. The lowest BCUT2D eigenvalue weighted by Gasteiger charge is -2.43. The Morgan fingerprint density at radius 1 is 1.29 bits per heavy atom. The summed E-state index contributed by atoms with van der Waals surface area (Å²) < 4.78 is 13.6. The summed E-state index contributed by atoms with van der Waals surface area (Å²) in [6.45, 7) is 2.80. The van der Waals surface area contributed by atoms with Crippen molar-refractivity contribution in [2.75, 3.05) is 13.1 Å². The van der Waals surface area contributed by atoms with Crippen LogP contribution in [0.3, 0.4) is 0 Å². The van der Waals surface area contributed by atoms with Crippen molar-refractivity contribution in [3.63, 3.8) is 0 Å². The second-order valence-corrected chi connectivity index (χ2v) is 6.28. The predicted octanol–water partition coefficient (Wildman–Crippen LogP) is 2.11. The van der Waals surface area contributed by atoms with Crippen LogP contribution in [0.4, 0.5) is 4.39 Å². The maximum Gasteiger partial charge on any atom is 0.252 e. The maximum atomic E-state index is 13.6. The van der Waals surface area contributed by atoms with Gasteiger partial charge in [-0.3, -0.25) is 4.79 Å². The van der Waals surface area contributed by atoms with E-state index in [0.29, 0.717) is 25.1 Å². The van der Waals surface area contributed by atoms with Gasteiger partial charge in [-0.05, 0) is 49.2 Å². The van der Waals surface area contributed by atoms with Crippen molar-refractivity contribution in [2.24, 2.45) is 0 Å². The SMILES string of the molecule is Cc1cc(F)cc(C(=O)N[C@]2(c3ccccc3)CCNC[C@H]2O)c1. The molecule has 0 spiro atoms. The first kappa shape index (κ1) is 16.6. The number of β-amino-alcohol motifs (C(OH)–C–C–N with tert-alkyl or cyclic N) is 1. The van der Waals surface area contributed by atoms with E-state index in [1.807, 2.05) is 30.3 Å². The van der Waals surface area contributed by atoms with Gasteiger partial charge in [-0.1, -0.05) is 30.3 Å². The van der Waals surface area contributed by atoms with Crippen molar-refractivity contribution in [1.82, 2.24) is 10.6 Å². The summed E-state index contributed by atoms with van der Waals surface area (Å²) in [5.41, 5.74) is 0.901. The highest BCUT2D eigenvalue weighted by Gasteiger charge is 2.42. The highest BCUT2D eigenvalue weighted by molar-refractivity contribution is 5.95. The predicted molar refractivity (Wildman–Crippen MR) is 90.2 cm³/mol. The highest BCUT2D eigenvalue weighted by atomic mass is 19.1. The molecule has 24 heavy (non-hydrogen) atoms. The standard InChI is InChI=1S/C19H21FN2O2/c1-13-9-14(11-16(20)10-13)18(24)22-19(7-8-21-12-17(19)23)15-5-3-2-4-6-15/h2-6,9-11,17,21,23H,7-8,12H2,1H3,(H,22,24)/t17-,19+/m1/s1. The lowest BCUT2D eigenvalue weighted by Crippen LogP contribution is -2.61. The van der Waals surface area contributed by atoms with E-state index in [-0.39, 0.29) is 11.5 Å². The first-order valence-electron chi connectivity index (χ1n) is 8.05. The Labute approximate surface area is 140 Å². The number of aliphatic hydroxyl groups is 1. The molecular weight excluding hydrogens is 307 g/mol. The van der Waals surface area contributed by atoms with E-state index in [9.17, 15) is 14.3 Å². The molecule has 0 aliphatic carbocycles. The molecule has 1 heterocycles. The Bertz CT molecular complexity index is 715. The molecule has 1 amide bonds. The quantitative estimate of drug-likeness (QED) is 0.809. The topological polar surface area (TPSA) is 61.4 Å². The molecule has 1 fully saturated rings. The van der Waals surface area contributed by atoms with Gasteiger partial charge in [-0.25, -0.2) is 4.39 Å². The molecule has 1 saturated heterocycles. The van der Waals surface area contributed by atoms with Crippen LogP contribution < -0.4 is 10.6 Å². The molecule has 0 radical (unpaired) electrons. The summed E-state index contributed by atoms with van der Waals surface area (Å²) in [5, 5.41) is 16.7. The van der Waals surface area contributed by atoms with Gasteiger partial charge in [0.05, 0.1) is 11.6 Å². The monoisotopic (exact) mass is 328 g/mol. The summed E-state index contributed by atoms with van der Waals surface area (Å²) in [6, 6.07) is 13.7. The van der Waals surface area contributed by atoms with Crippen LogP contribution in [0, 0.1) is 12.7 Å². The van der Waals surface area contributed by atoms with Crippen LogP contribution in [0.1, 0.15) is 27.9 Å². The Morgan fingerprint density at radius 3 is 2.71 bits per heavy atom. The number of aliphatic hydroxyl groups excluding tert-OH is 1. The van der Waals surface area contributed by atoms with Crippen LogP contribution in [-0.2, 0) is 5.54 Å². The van der Waals surface area contributed by atoms with Gasteiger partial charge in [0.25, 0.3) is 5.91 Å². The lowest BCUT2D eigenvalue weighted by atomic mass is 9.79. The Hall–Kier alpha value is -2.24. The van der Waals surface area contributed by atoms with E-state index in [1.54, 1.807) is 13.0 Å². The number of nitrogens with one attached hydrogen (secondary N) is 2. The molecule has 3 N–H and O–H groups in total. The largest absolute Gasteiger partial charge is 0.389 e. The zero-order chi connectivity index (χ0) is 17.2. The zero-order valence-corrected chi connectivity index (χ0v) is 13.6. The summed E-state index contributed by atoms with van der Waals surface area (Å²) in [7, 11) is 0. The van der Waals surface area contributed by atoms with E-state index in [2.05, 4.69) is 10.6 Å². The van der Waals surface area contributed by atoms with Crippen LogP contribution in [0.25, 0.3) is 0 Å². The van der Waals surface area contributed by atoms with E-state index in [0.717, 1.165) is 5.56 Å². The molecule has 1 aliphatic heterocycles. The number of carbonyl (C=O) groups excluding carboxylic acids is 1. The summed E-state index contributed by atoms with van der Waals surface area (Å²) >= 11 is 0. The Kier molecular flexibility index (Phi) is 4.64. The Balaban J connectivity index is 1.96. The molecule has 4 nitrogen and oxygen atoms in total. The average Bonchev–Trinajstić information content (AvgIpc) is 2.57. The second kappa shape index (κ2) is 6.71. The molecule has 5 heteroatoms. The summed E-state index contributed by atoms with van der Waals surface area (Å²) in [5.74, 6) is -0.831. The number of hydrogen-bond acceptors (Lipinski definition) is 3. The van der Waals surface area contributed by atoms with Gasteiger partial charge in [0, 0.05) is 12.1 Å². The fourth-order valence-corrected chi connectivity index (χ4v) is 3.30. The van der Waals surface area contributed by atoms with Gasteiger partial charge in [0.15, 0.2) is 0 Å². The van der Waals surface area contributed by atoms with Gasteiger partial charge < -0.3 is 15.7 Å². The van der Waals surface area contributed by atoms with Crippen LogP contribution in [0.5, 0.6) is 0 Å². The van der Waals surface area contributed by atoms with Crippen molar-refractivity contribution in [2.45, 2.75) is 25.0 Å².